The van der Waals surface area contributed by atoms with Crippen LogP contribution in [-0.4, -0.2) is 4.98 Å². The van der Waals surface area contributed by atoms with E-state index in [1.165, 1.54) is 5.56 Å². The summed E-state index contributed by atoms with van der Waals surface area (Å²) in [4.78, 5) is 4.28. The largest absolute Gasteiger partial charge is 0.326 e. The number of hydrogen-bond donors (Lipinski definition) is 1. The number of halogens is 2. The third-order valence-electron chi connectivity index (χ3n) is 1.88. The fourth-order valence-electron chi connectivity index (χ4n) is 1.17. The first-order valence-corrected chi connectivity index (χ1v) is 5.02. The highest BCUT2D eigenvalue weighted by Gasteiger charge is 1.99. The van der Waals surface area contributed by atoms with Gasteiger partial charge in [-0.05, 0) is 29.1 Å². The Morgan fingerprint density at radius 3 is 2.67 bits per heavy atom. The first-order chi connectivity index (χ1) is 6.40. The quantitative estimate of drug-likeness (QED) is 0.904. The molecule has 0 atom stereocenters. The van der Waals surface area contributed by atoms with Crippen molar-refractivity contribution in [3.63, 3.8) is 0 Å². The SMILES string of the molecule is Cl.Cl.NCc1ccnc(-c2ccsc2)c1. The Balaban J connectivity index is 0.000000980. The second kappa shape index (κ2) is 6.80. The molecule has 0 bridgehead atoms. The monoisotopic (exact) mass is 262 g/mol. The van der Waals surface area contributed by atoms with Crippen LogP contribution in [0.1, 0.15) is 5.56 Å². The predicted octanol–water partition coefficient (Wildman–Crippen LogP) is 3.11. The lowest BCUT2D eigenvalue weighted by Gasteiger charge is -1.99. The summed E-state index contributed by atoms with van der Waals surface area (Å²) in [6.45, 7) is 0.569. The van der Waals surface area contributed by atoms with Crippen LogP contribution in [0.15, 0.2) is 35.2 Å². The van der Waals surface area contributed by atoms with Gasteiger partial charge < -0.3 is 5.73 Å². The summed E-state index contributed by atoms with van der Waals surface area (Å²) < 4.78 is 0. The second-order valence-electron chi connectivity index (χ2n) is 2.77. The molecule has 0 fully saturated rings. The lowest BCUT2D eigenvalue weighted by Crippen LogP contribution is -1.96. The molecular formula is C10H12Cl2N2S. The van der Waals surface area contributed by atoms with Crippen molar-refractivity contribution < 1.29 is 0 Å². The minimum atomic E-state index is 0. The maximum absolute atomic E-state index is 5.55. The molecule has 0 saturated carbocycles. The van der Waals surface area contributed by atoms with Gasteiger partial charge in [0.15, 0.2) is 0 Å². The molecule has 0 saturated heterocycles. The molecule has 0 radical (unpaired) electrons. The van der Waals surface area contributed by atoms with E-state index in [0.717, 1.165) is 11.3 Å². The van der Waals surface area contributed by atoms with Crippen LogP contribution in [0.4, 0.5) is 0 Å². The minimum Gasteiger partial charge on any atom is -0.326 e. The molecule has 0 unspecified atom stereocenters. The fourth-order valence-corrected chi connectivity index (χ4v) is 1.82. The highest BCUT2D eigenvalue weighted by Crippen LogP contribution is 2.20. The summed E-state index contributed by atoms with van der Waals surface area (Å²) in [5.41, 5.74) is 8.84. The van der Waals surface area contributed by atoms with Crippen molar-refractivity contribution in [1.82, 2.24) is 4.98 Å². The molecule has 2 aromatic heterocycles. The molecule has 2 heterocycles. The zero-order chi connectivity index (χ0) is 9.10. The van der Waals surface area contributed by atoms with E-state index in [4.69, 9.17) is 5.73 Å². The molecule has 0 aliphatic heterocycles. The van der Waals surface area contributed by atoms with E-state index in [9.17, 15) is 0 Å². The average molecular weight is 263 g/mol. The van der Waals surface area contributed by atoms with Gasteiger partial charge in [0, 0.05) is 23.7 Å². The zero-order valence-electron chi connectivity index (χ0n) is 7.92. The van der Waals surface area contributed by atoms with Crippen molar-refractivity contribution in [3.05, 3.63) is 40.7 Å². The first-order valence-electron chi connectivity index (χ1n) is 4.08. The van der Waals surface area contributed by atoms with Crippen LogP contribution >= 0.6 is 36.2 Å². The number of hydrogen-bond acceptors (Lipinski definition) is 3. The third kappa shape index (κ3) is 3.47. The lowest BCUT2D eigenvalue weighted by atomic mass is 10.1. The Morgan fingerprint density at radius 1 is 1.27 bits per heavy atom. The van der Waals surface area contributed by atoms with Crippen molar-refractivity contribution >= 4 is 36.2 Å². The number of nitrogens with zero attached hydrogens (tertiary/aromatic N) is 1. The van der Waals surface area contributed by atoms with Gasteiger partial charge in [0.25, 0.3) is 0 Å². The Labute approximate surface area is 105 Å². The molecule has 0 amide bonds. The Hall–Kier alpha value is -0.610. The number of pyridine rings is 1. The van der Waals surface area contributed by atoms with E-state index in [1.807, 2.05) is 17.5 Å². The molecule has 2 aromatic rings. The van der Waals surface area contributed by atoms with E-state index in [1.54, 1.807) is 17.5 Å². The summed E-state index contributed by atoms with van der Waals surface area (Å²) in [5.74, 6) is 0. The van der Waals surface area contributed by atoms with Crippen molar-refractivity contribution in [3.8, 4) is 11.3 Å². The number of rotatable bonds is 2. The van der Waals surface area contributed by atoms with Crippen LogP contribution in [-0.2, 0) is 6.54 Å². The molecule has 2 N–H and O–H groups in total. The molecule has 0 aliphatic rings. The maximum Gasteiger partial charge on any atom is 0.0713 e. The van der Waals surface area contributed by atoms with Crippen molar-refractivity contribution in [2.24, 2.45) is 5.73 Å². The molecular weight excluding hydrogens is 251 g/mol. The van der Waals surface area contributed by atoms with Crippen LogP contribution in [0.2, 0.25) is 0 Å². The molecule has 0 aliphatic carbocycles. The Kier molecular flexibility index (Phi) is 6.52. The van der Waals surface area contributed by atoms with Crippen LogP contribution in [0.5, 0.6) is 0 Å². The van der Waals surface area contributed by atoms with E-state index in [-0.39, 0.29) is 24.8 Å². The lowest BCUT2D eigenvalue weighted by molar-refractivity contribution is 1.06. The molecule has 82 valence electrons. The predicted molar refractivity (Wildman–Crippen MR) is 69.9 cm³/mol. The normalized spacial score (nSPS) is 8.87. The first kappa shape index (κ1) is 14.4. The van der Waals surface area contributed by atoms with Gasteiger partial charge in [0.1, 0.15) is 0 Å². The summed E-state index contributed by atoms with van der Waals surface area (Å²) in [6.07, 6.45) is 1.80. The van der Waals surface area contributed by atoms with Gasteiger partial charge in [0.05, 0.1) is 5.69 Å². The van der Waals surface area contributed by atoms with Crippen LogP contribution < -0.4 is 5.73 Å². The van der Waals surface area contributed by atoms with Crippen molar-refractivity contribution in [1.29, 1.82) is 0 Å². The molecule has 15 heavy (non-hydrogen) atoms. The Morgan fingerprint density at radius 2 is 2.07 bits per heavy atom. The third-order valence-corrected chi connectivity index (χ3v) is 2.56. The highest BCUT2D eigenvalue weighted by atomic mass is 35.5. The van der Waals surface area contributed by atoms with E-state index < -0.39 is 0 Å². The fraction of sp³-hybridized carbons (Fsp3) is 0.100. The van der Waals surface area contributed by atoms with Gasteiger partial charge >= 0.3 is 0 Å². The Bertz CT molecular complexity index is 390. The summed E-state index contributed by atoms with van der Waals surface area (Å²) in [6, 6.07) is 6.03. The topological polar surface area (TPSA) is 38.9 Å². The van der Waals surface area contributed by atoms with E-state index in [2.05, 4.69) is 16.4 Å². The molecule has 0 spiro atoms. The van der Waals surface area contributed by atoms with Gasteiger partial charge in [-0.3, -0.25) is 4.98 Å². The standard InChI is InChI=1S/C10H10N2S.2ClH/c11-6-8-1-3-12-10(5-8)9-2-4-13-7-9;;/h1-5,7H,6,11H2;2*1H. The van der Waals surface area contributed by atoms with E-state index >= 15 is 0 Å². The number of aromatic nitrogens is 1. The van der Waals surface area contributed by atoms with Crippen LogP contribution in [0.25, 0.3) is 11.3 Å². The second-order valence-corrected chi connectivity index (χ2v) is 3.55. The number of thiophene rings is 1. The van der Waals surface area contributed by atoms with Crippen LogP contribution in [0.3, 0.4) is 0 Å². The molecule has 0 aromatic carbocycles. The zero-order valence-corrected chi connectivity index (χ0v) is 10.4. The van der Waals surface area contributed by atoms with Gasteiger partial charge in [-0.15, -0.1) is 24.8 Å². The highest BCUT2D eigenvalue weighted by molar-refractivity contribution is 7.08. The maximum atomic E-state index is 5.55. The van der Waals surface area contributed by atoms with E-state index in [0.29, 0.717) is 6.54 Å². The summed E-state index contributed by atoms with van der Waals surface area (Å²) >= 11 is 1.68. The van der Waals surface area contributed by atoms with Gasteiger partial charge in [0.2, 0.25) is 0 Å². The van der Waals surface area contributed by atoms with Gasteiger partial charge in [-0.25, -0.2) is 0 Å². The van der Waals surface area contributed by atoms with Gasteiger partial charge in [-0.2, -0.15) is 11.3 Å². The summed E-state index contributed by atoms with van der Waals surface area (Å²) in [7, 11) is 0. The smallest absolute Gasteiger partial charge is 0.0713 e. The molecule has 2 nitrogen and oxygen atoms in total. The number of nitrogens with two attached hydrogens (primary N) is 1. The molecule has 2 rings (SSSR count). The minimum absolute atomic E-state index is 0. The van der Waals surface area contributed by atoms with Crippen molar-refractivity contribution in [2.75, 3.05) is 0 Å². The van der Waals surface area contributed by atoms with Gasteiger partial charge in [-0.1, -0.05) is 0 Å². The average Bonchev–Trinajstić information content (AvgIpc) is 2.71. The van der Waals surface area contributed by atoms with Crippen molar-refractivity contribution in [2.45, 2.75) is 6.54 Å². The summed E-state index contributed by atoms with van der Waals surface area (Å²) in [5, 5.41) is 4.13. The molecule has 5 heteroatoms. The van der Waals surface area contributed by atoms with Crippen LogP contribution in [0, 0.1) is 0 Å².